The SMILES string of the molecule is [2H]c1c([2H])c([2H])c2c(c(C(=O)N[C@H](C(N)=O)C(C)C)nn2CC2CCCCC2)c1[2H]. The van der Waals surface area contributed by atoms with Crippen molar-refractivity contribution in [3.8, 4) is 0 Å². The van der Waals surface area contributed by atoms with Gasteiger partial charge in [0.2, 0.25) is 5.91 Å². The molecule has 6 nitrogen and oxygen atoms in total. The van der Waals surface area contributed by atoms with Gasteiger partial charge in [0.1, 0.15) is 6.04 Å². The topological polar surface area (TPSA) is 90.0 Å². The highest BCUT2D eigenvalue weighted by Crippen LogP contribution is 2.27. The lowest BCUT2D eigenvalue weighted by molar-refractivity contribution is -0.120. The first-order valence-corrected chi connectivity index (χ1v) is 9.20. The second-order valence-electron chi connectivity index (χ2n) is 7.36. The highest BCUT2D eigenvalue weighted by molar-refractivity contribution is 6.06. The molecule has 6 heteroatoms. The van der Waals surface area contributed by atoms with E-state index in [0.29, 0.717) is 12.5 Å². The minimum Gasteiger partial charge on any atom is -0.368 e. The summed E-state index contributed by atoms with van der Waals surface area (Å²) in [5.74, 6) is -1.25. The zero-order valence-electron chi connectivity index (χ0n) is 19.3. The lowest BCUT2D eigenvalue weighted by Crippen LogP contribution is -2.47. The molecule has 1 saturated carbocycles. The Labute approximate surface area is 159 Å². The third-order valence-electron chi connectivity index (χ3n) is 5.01. The number of benzene rings is 1. The third-order valence-corrected chi connectivity index (χ3v) is 5.01. The Morgan fingerprint density at radius 1 is 1.31 bits per heavy atom. The van der Waals surface area contributed by atoms with E-state index in [1.807, 2.05) is 0 Å². The number of carbonyl (C=O) groups is 2. The van der Waals surface area contributed by atoms with Crippen LogP contribution in [0.15, 0.2) is 24.2 Å². The maximum atomic E-state index is 13.0. The van der Waals surface area contributed by atoms with Crippen LogP contribution in [-0.4, -0.2) is 27.6 Å². The van der Waals surface area contributed by atoms with Crippen LogP contribution in [0.25, 0.3) is 10.9 Å². The number of nitrogens with one attached hydrogen (secondary N) is 1. The van der Waals surface area contributed by atoms with Crippen LogP contribution >= 0.6 is 0 Å². The molecule has 140 valence electrons. The van der Waals surface area contributed by atoms with Crippen LogP contribution in [0.4, 0.5) is 0 Å². The van der Waals surface area contributed by atoms with Gasteiger partial charge in [0.25, 0.3) is 5.91 Å². The van der Waals surface area contributed by atoms with Crippen molar-refractivity contribution in [3.63, 3.8) is 0 Å². The van der Waals surface area contributed by atoms with Gasteiger partial charge in [-0.05, 0) is 30.7 Å². The summed E-state index contributed by atoms with van der Waals surface area (Å²) >= 11 is 0. The highest BCUT2D eigenvalue weighted by atomic mass is 16.2. The molecular formula is C20H28N4O2. The van der Waals surface area contributed by atoms with Crippen LogP contribution in [0.5, 0.6) is 0 Å². The van der Waals surface area contributed by atoms with E-state index in [1.165, 1.54) is 11.1 Å². The molecule has 1 aliphatic rings. The largest absolute Gasteiger partial charge is 0.368 e. The predicted molar refractivity (Wildman–Crippen MR) is 102 cm³/mol. The Balaban J connectivity index is 2.11. The van der Waals surface area contributed by atoms with Crippen molar-refractivity contribution in [1.82, 2.24) is 15.1 Å². The Hall–Kier alpha value is -2.37. The first-order valence-electron chi connectivity index (χ1n) is 11.2. The molecule has 1 atom stereocenters. The van der Waals surface area contributed by atoms with Gasteiger partial charge in [-0.25, -0.2) is 0 Å². The number of nitrogens with zero attached hydrogens (tertiary/aromatic N) is 2. The van der Waals surface area contributed by atoms with E-state index in [0.717, 1.165) is 25.7 Å². The van der Waals surface area contributed by atoms with Gasteiger partial charge in [0.15, 0.2) is 5.69 Å². The summed E-state index contributed by atoms with van der Waals surface area (Å²) in [6, 6.07) is -2.22. The fourth-order valence-corrected chi connectivity index (χ4v) is 3.57. The quantitative estimate of drug-likeness (QED) is 0.830. The summed E-state index contributed by atoms with van der Waals surface area (Å²) in [5.41, 5.74) is 5.51. The number of hydrogen-bond acceptors (Lipinski definition) is 3. The molecular weight excluding hydrogens is 328 g/mol. The fraction of sp³-hybridized carbons (Fsp3) is 0.550. The minimum atomic E-state index is -0.911. The number of rotatable bonds is 6. The number of amides is 2. The lowest BCUT2D eigenvalue weighted by Gasteiger charge is -2.21. The molecule has 1 aromatic carbocycles. The van der Waals surface area contributed by atoms with E-state index < -0.39 is 23.9 Å². The summed E-state index contributed by atoms with van der Waals surface area (Å²) in [6.45, 7) is 3.98. The van der Waals surface area contributed by atoms with E-state index >= 15 is 0 Å². The normalized spacial score (nSPS) is 18.9. The number of fused-ring (bicyclic) bond motifs is 1. The second-order valence-corrected chi connectivity index (χ2v) is 7.36. The molecule has 1 heterocycles. The second kappa shape index (κ2) is 7.89. The van der Waals surface area contributed by atoms with Crippen LogP contribution in [0.2, 0.25) is 0 Å². The third kappa shape index (κ3) is 3.89. The predicted octanol–water partition coefficient (Wildman–Crippen LogP) is 2.86. The summed E-state index contributed by atoms with van der Waals surface area (Å²) in [6.07, 6.45) is 5.46. The molecule has 2 aromatic rings. The van der Waals surface area contributed by atoms with Crippen molar-refractivity contribution in [2.75, 3.05) is 0 Å². The summed E-state index contributed by atoms with van der Waals surface area (Å²) < 4.78 is 34.3. The van der Waals surface area contributed by atoms with Crippen molar-refractivity contribution in [2.24, 2.45) is 17.6 Å². The summed E-state index contributed by atoms with van der Waals surface area (Å²) in [4.78, 5) is 24.7. The molecule has 1 fully saturated rings. The summed E-state index contributed by atoms with van der Waals surface area (Å²) in [7, 11) is 0. The smallest absolute Gasteiger partial charge is 0.273 e. The lowest BCUT2D eigenvalue weighted by atomic mass is 9.89. The number of para-hydroxylation sites is 1. The van der Waals surface area contributed by atoms with Crippen LogP contribution in [0, 0.1) is 11.8 Å². The number of carbonyl (C=O) groups excluding carboxylic acids is 2. The molecule has 1 aromatic heterocycles. The maximum absolute atomic E-state index is 13.0. The number of aromatic nitrogens is 2. The van der Waals surface area contributed by atoms with Gasteiger partial charge in [-0.1, -0.05) is 51.2 Å². The molecule has 0 saturated heterocycles. The van der Waals surface area contributed by atoms with E-state index in [1.54, 1.807) is 13.8 Å². The van der Waals surface area contributed by atoms with E-state index in [4.69, 9.17) is 11.2 Å². The van der Waals surface area contributed by atoms with Gasteiger partial charge < -0.3 is 11.1 Å². The molecule has 3 rings (SSSR count). The zero-order valence-corrected chi connectivity index (χ0v) is 15.3. The van der Waals surface area contributed by atoms with Gasteiger partial charge in [-0.2, -0.15) is 5.10 Å². The fourth-order valence-electron chi connectivity index (χ4n) is 3.57. The van der Waals surface area contributed by atoms with Gasteiger partial charge in [-0.3, -0.25) is 14.3 Å². The monoisotopic (exact) mass is 360 g/mol. The van der Waals surface area contributed by atoms with Crippen LogP contribution in [-0.2, 0) is 11.3 Å². The van der Waals surface area contributed by atoms with E-state index in [-0.39, 0.29) is 40.6 Å². The van der Waals surface area contributed by atoms with Crippen LogP contribution in [0.3, 0.4) is 0 Å². The van der Waals surface area contributed by atoms with Crippen molar-refractivity contribution >= 4 is 22.7 Å². The Morgan fingerprint density at radius 3 is 2.65 bits per heavy atom. The molecule has 3 N–H and O–H groups in total. The minimum absolute atomic E-state index is 0.0706. The summed E-state index contributed by atoms with van der Waals surface area (Å²) in [5, 5.41) is 7.06. The molecule has 26 heavy (non-hydrogen) atoms. The average molecular weight is 360 g/mol. The first-order chi connectivity index (χ1) is 14.1. The number of hydrogen-bond donors (Lipinski definition) is 2. The molecule has 0 spiro atoms. The molecule has 0 bridgehead atoms. The Kier molecular flexibility index (Phi) is 4.18. The zero-order chi connectivity index (χ0) is 22.2. The van der Waals surface area contributed by atoms with Crippen molar-refractivity contribution < 1.29 is 15.1 Å². The number of primary amides is 1. The maximum Gasteiger partial charge on any atom is 0.273 e. The van der Waals surface area contributed by atoms with Crippen molar-refractivity contribution in [2.45, 2.75) is 58.5 Å². The van der Waals surface area contributed by atoms with Gasteiger partial charge in [0, 0.05) is 11.9 Å². The average Bonchev–Trinajstić information content (AvgIpc) is 3.08. The Bertz CT molecular complexity index is 983. The van der Waals surface area contributed by atoms with Crippen LogP contribution in [0.1, 0.15) is 61.9 Å². The van der Waals surface area contributed by atoms with Crippen molar-refractivity contribution in [3.05, 3.63) is 29.9 Å². The molecule has 0 aliphatic heterocycles. The number of nitrogens with two attached hydrogens (primary N) is 1. The van der Waals surface area contributed by atoms with E-state index in [9.17, 15) is 9.59 Å². The van der Waals surface area contributed by atoms with Crippen molar-refractivity contribution in [1.29, 1.82) is 0 Å². The molecule has 2 amide bonds. The standard InChI is InChI=1S/C20H28N4O2/c1-13(2)17(19(21)25)22-20(26)18-15-10-6-7-11-16(15)24(23-18)12-14-8-4-3-5-9-14/h6-7,10-11,13-14,17H,3-5,8-9,12H2,1-2H3,(H2,21,25)(H,22,26)/t17-/m0/s1/i6D,7D,10D,11D. The van der Waals surface area contributed by atoms with Gasteiger partial charge in [-0.15, -0.1) is 0 Å². The van der Waals surface area contributed by atoms with Crippen LogP contribution < -0.4 is 11.1 Å². The molecule has 1 aliphatic carbocycles. The highest BCUT2D eigenvalue weighted by Gasteiger charge is 2.26. The first kappa shape index (κ1) is 13.8. The van der Waals surface area contributed by atoms with Gasteiger partial charge >= 0.3 is 0 Å². The van der Waals surface area contributed by atoms with E-state index in [2.05, 4.69) is 10.4 Å². The Morgan fingerprint density at radius 2 is 2.00 bits per heavy atom. The molecule has 0 unspecified atom stereocenters. The molecule has 0 radical (unpaired) electrons. The van der Waals surface area contributed by atoms with Gasteiger partial charge in [0.05, 0.1) is 11.0 Å².